The van der Waals surface area contributed by atoms with Gasteiger partial charge in [-0.25, -0.2) is 9.59 Å². The molecule has 1 heterocycles. The molecule has 0 amide bonds. The number of esters is 2. The van der Waals surface area contributed by atoms with Gasteiger partial charge in [-0.05, 0) is 38.3 Å². The molecule has 12 heteroatoms. The zero-order valence-electron chi connectivity index (χ0n) is 19.9. The van der Waals surface area contributed by atoms with Crippen LogP contribution in [0.25, 0.3) is 0 Å². The van der Waals surface area contributed by atoms with Gasteiger partial charge >= 0.3 is 23.9 Å². The minimum absolute atomic E-state index is 0.0628. The summed E-state index contributed by atoms with van der Waals surface area (Å²) < 4.78 is 4.35. The smallest absolute Gasteiger partial charge is 0.346 e. The van der Waals surface area contributed by atoms with Crippen molar-refractivity contribution in [3.63, 3.8) is 0 Å². The third-order valence-electron chi connectivity index (χ3n) is 4.28. The predicted molar refractivity (Wildman–Crippen MR) is 123 cm³/mol. The van der Waals surface area contributed by atoms with Gasteiger partial charge in [0.1, 0.15) is 0 Å². The Kier molecular flexibility index (Phi) is 19.0. The minimum atomic E-state index is -0.870. The van der Waals surface area contributed by atoms with Gasteiger partial charge in [0, 0.05) is 24.9 Å². The number of benzene rings is 1. The van der Waals surface area contributed by atoms with Gasteiger partial charge in [-0.3, -0.25) is 9.59 Å². The van der Waals surface area contributed by atoms with E-state index in [1.54, 1.807) is 38.1 Å². The Morgan fingerprint density at radius 3 is 1.43 bits per heavy atom. The Morgan fingerprint density at radius 2 is 1.23 bits per heavy atom. The molecular weight excluding hydrogens is 468 g/mol. The Morgan fingerprint density at radius 1 is 0.857 bits per heavy atom. The first kappa shape index (κ1) is 34.3. The van der Waals surface area contributed by atoms with Crippen molar-refractivity contribution in [3.05, 3.63) is 35.4 Å². The Labute approximate surface area is 203 Å². The van der Waals surface area contributed by atoms with Crippen molar-refractivity contribution in [1.29, 1.82) is 0 Å². The molecule has 1 atom stereocenters. The number of rotatable bonds is 10. The Balaban J connectivity index is 0. The van der Waals surface area contributed by atoms with Crippen LogP contribution in [0.5, 0.6) is 0 Å². The third-order valence-corrected chi connectivity index (χ3v) is 4.28. The molecule has 1 aromatic rings. The summed E-state index contributed by atoms with van der Waals surface area (Å²) in [5.74, 6) is -2.84. The van der Waals surface area contributed by atoms with Crippen molar-refractivity contribution in [2.24, 2.45) is 5.41 Å². The fraction of sp³-hybridized carbons (Fsp3) is 0.565. The molecule has 1 unspecified atom stereocenters. The second-order valence-electron chi connectivity index (χ2n) is 7.86. The molecular formula is C23H36O12. The summed E-state index contributed by atoms with van der Waals surface area (Å²) in [4.78, 5) is 41.5. The summed E-state index contributed by atoms with van der Waals surface area (Å²) in [6.07, 6.45) is 1.15. The standard InChI is InChI=1S/C8H4O3.C6H10O4.C5H12O3.C4H10O2/c9-7-5-3-1-2-4-6(5)8(10)11-7;7-5(8)3-1-2-4-6(9)10;1-5(2-6,3-7)4-8;1-4(6)2-3-5/h1-4H;1-4H2,(H,7,8)(H,9,10);6-8H,2-4H2,1H3;4-6H,2-3H2,1H3. The van der Waals surface area contributed by atoms with E-state index >= 15 is 0 Å². The largest absolute Gasteiger partial charge is 0.481 e. The highest BCUT2D eigenvalue weighted by atomic mass is 16.6. The van der Waals surface area contributed by atoms with Crippen molar-refractivity contribution in [1.82, 2.24) is 0 Å². The zero-order valence-corrected chi connectivity index (χ0v) is 19.9. The lowest BCUT2D eigenvalue weighted by molar-refractivity contribution is -0.139. The molecule has 0 spiro atoms. The first-order chi connectivity index (χ1) is 16.4. The Bertz CT molecular complexity index is 714. The summed E-state index contributed by atoms with van der Waals surface area (Å²) in [6.45, 7) is 2.79. The first-order valence-electron chi connectivity index (χ1n) is 10.8. The molecule has 1 aliphatic rings. The summed E-state index contributed by atoms with van der Waals surface area (Å²) in [6, 6.07) is 6.53. The highest BCUT2D eigenvalue weighted by Gasteiger charge is 2.28. The molecule has 0 fully saturated rings. The van der Waals surface area contributed by atoms with Crippen LogP contribution in [0.2, 0.25) is 0 Å². The fourth-order valence-electron chi connectivity index (χ4n) is 1.92. The number of carboxylic acids is 2. The van der Waals surface area contributed by atoms with Crippen LogP contribution in [0.15, 0.2) is 24.3 Å². The molecule has 0 saturated heterocycles. The van der Waals surface area contributed by atoms with E-state index in [1.165, 1.54) is 0 Å². The lowest BCUT2D eigenvalue weighted by Crippen LogP contribution is -2.29. The number of unbranched alkanes of at least 4 members (excludes halogenated alkanes) is 1. The van der Waals surface area contributed by atoms with Crippen molar-refractivity contribution >= 4 is 23.9 Å². The van der Waals surface area contributed by atoms with E-state index in [9.17, 15) is 19.2 Å². The van der Waals surface area contributed by atoms with Gasteiger partial charge in [0.2, 0.25) is 0 Å². The van der Waals surface area contributed by atoms with Crippen LogP contribution in [0.4, 0.5) is 0 Å². The van der Waals surface area contributed by atoms with Gasteiger partial charge in [0.25, 0.3) is 0 Å². The van der Waals surface area contributed by atoms with Crippen molar-refractivity contribution < 1.29 is 59.7 Å². The maximum Gasteiger partial charge on any atom is 0.346 e. The van der Waals surface area contributed by atoms with Gasteiger partial charge in [0.15, 0.2) is 0 Å². The number of aliphatic hydroxyl groups is 5. The Hall–Kier alpha value is -2.90. The molecule has 12 nitrogen and oxygen atoms in total. The molecule has 35 heavy (non-hydrogen) atoms. The molecule has 0 bridgehead atoms. The van der Waals surface area contributed by atoms with E-state index in [-0.39, 0.29) is 45.4 Å². The monoisotopic (exact) mass is 504 g/mol. The van der Waals surface area contributed by atoms with E-state index in [0.717, 1.165) is 0 Å². The van der Waals surface area contributed by atoms with Gasteiger partial charge in [0.05, 0.1) is 37.1 Å². The van der Waals surface area contributed by atoms with E-state index in [2.05, 4.69) is 4.74 Å². The van der Waals surface area contributed by atoms with Crippen LogP contribution in [0, 0.1) is 5.41 Å². The number of cyclic esters (lactones) is 2. The fourth-order valence-corrected chi connectivity index (χ4v) is 1.92. The number of hydrogen-bond donors (Lipinski definition) is 7. The molecule has 0 radical (unpaired) electrons. The summed E-state index contributed by atoms with van der Waals surface area (Å²) >= 11 is 0. The number of carbonyl (C=O) groups excluding carboxylic acids is 2. The molecule has 0 saturated carbocycles. The molecule has 1 aliphatic heterocycles. The summed E-state index contributed by atoms with van der Waals surface area (Å²) in [5, 5.41) is 58.1. The van der Waals surface area contributed by atoms with Crippen LogP contribution in [-0.2, 0) is 14.3 Å². The van der Waals surface area contributed by atoms with Crippen molar-refractivity contribution in [2.45, 2.75) is 52.1 Å². The predicted octanol–water partition coefficient (Wildman–Crippen LogP) is 0.432. The molecule has 2 rings (SSSR count). The maximum atomic E-state index is 10.8. The minimum Gasteiger partial charge on any atom is -0.481 e. The maximum absolute atomic E-state index is 10.8. The number of fused-ring (bicyclic) bond motifs is 1. The summed E-state index contributed by atoms with van der Waals surface area (Å²) in [7, 11) is 0. The summed E-state index contributed by atoms with van der Waals surface area (Å²) in [5.41, 5.74) is 0.00926. The van der Waals surface area contributed by atoms with Gasteiger partial charge < -0.3 is 40.5 Å². The third kappa shape index (κ3) is 17.2. The van der Waals surface area contributed by atoms with Crippen molar-refractivity contribution in [3.8, 4) is 0 Å². The molecule has 200 valence electrons. The molecule has 1 aromatic carbocycles. The van der Waals surface area contributed by atoms with Gasteiger partial charge in [-0.2, -0.15) is 0 Å². The molecule has 0 aliphatic carbocycles. The lowest BCUT2D eigenvalue weighted by atomic mass is 9.95. The molecule has 7 N–H and O–H groups in total. The topological polar surface area (TPSA) is 219 Å². The normalized spacial score (nSPS) is 12.4. The quantitative estimate of drug-likeness (QED) is 0.131. The second kappa shape index (κ2) is 19.4. The van der Waals surface area contributed by atoms with E-state index < -0.39 is 29.3 Å². The lowest BCUT2D eigenvalue weighted by Gasteiger charge is -2.20. The SMILES string of the molecule is CC(CO)(CO)CO.CC(O)CCO.O=C(O)CCCCC(=O)O.O=C1OC(=O)c2ccccc21. The number of hydrogen-bond acceptors (Lipinski definition) is 10. The number of aliphatic hydroxyl groups excluding tert-OH is 5. The van der Waals surface area contributed by atoms with E-state index in [1.807, 2.05) is 0 Å². The second-order valence-corrected chi connectivity index (χ2v) is 7.86. The van der Waals surface area contributed by atoms with E-state index in [0.29, 0.717) is 30.4 Å². The number of ether oxygens (including phenoxy) is 1. The molecule has 0 aromatic heterocycles. The van der Waals surface area contributed by atoms with Crippen LogP contribution in [-0.4, -0.2) is 92.2 Å². The van der Waals surface area contributed by atoms with Gasteiger partial charge in [-0.15, -0.1) is 0 Å². The van der Waals surface area contributed by atoms with Gasteiger partial charge in [-0.1, -0.05) is 19.1 Å². The highest BCUT2D eigenvalue weighted by molar-refractivity contribution is 6.14. The van der Waals surface area contributed by atoms with Crippen LogP contribution in [0.1, 0.15) is 66.7 Å². The average molecular weight is 505 g/mol. The van der Waals surface area contributed by atoms with Crippen LogP contribution < -0.4 is 0 Å². The first-order valence-corrected chi connectivity index (χ1v) is 10.8. The van der Waals surface area contributed by atoms with Crippen LogP contribution in [0.3, 0.4) is 0 Å². The average Bonchev–Trinajstić information content (AvgIpc) is 3.11. The van der Waals surface area contributed by atoms with E-state index in [4.69, 9.17) is 35.7 Å². The zero-order chi connectivity index (χ0) is 27.4. The van der Waals surface area contributed by atoms with Crippen molar-refractivity contribution in [2.75, 3.05) is 26.4 Å². The van der Waals surface area contributed by atoms with Crippen LogP contribution >= 0.6 is 0 Å². The number of aliphatic carboxylic acids is 2. The highest BCUT2D eigenvalue weighted by Crippen LogP contribution is 2.18. The number of carboxylic acid groups (broad SMARTS) is 2. The number of carbonyl (C=O) groups is 4.